The molecule has 0 amide bonds. The van der Waals surface area contributed by atoms with Crippen LogP contribution in [0, 0.1) is 13.8 Å². The molecule has 3 aromatic rings. The lowest BCUT2D eigenvalue weighted by molar-refractivity contribution is 0.455. The van der Waals surface area contributed by atoms with Gasteiger partial charge in [-0.2, -0.15) is 0 Å². The van der Waals surface area contributed by atoms with Crippen molar-refractivity contribution in [3.8, 4) is 17.2 Å². The van der Waals surface area contributed by atoms with Crippen molar-refractivity contribution in [1.29, 1.82) is 0 Å². The molecule has 0 aliphatic heterocycles. The van der Waals surface area contributed by atoms with Gasteiger partial charge in [0.25, 0.3) is 0 Å². The third-order valence-electron chi connectivity index (χ3n) is 5.37. The van der Waals surface area contributed by atoms with Crippen molar-refractivity contribution in [3.63, 3.8) is 0 Å². The van der Waals surface area contributed by atoms with E-state index in [2.05, 4.69) is 20.8 Å². The highest BCUT2D eigenvalue weighted by Gasteiger charge is 2.20. The van der Waals surface area contributed by atoms with E-state index in [9.17, 15) is 15.3 Å². The van der Waals surface area contributed by atoms with Crippen LogP contribution in [0.3, 0.4) is 0 Å². The fourth-order valence-corrected chi connectivity index (χ4v) is 3.58. The predicted octanol–water partition coefficient (Wildman–Crippen LogP) is 5.90. The molecule has 0 aromatic heterocycles. The molecule has 0 aliphatic carbocycles. The van der Waals surface area contributed by atoms with Gasteiger partial charge in [-0.3, -0.25) is 0 Å². The first-order valence-electron chi connectivity index (χ1n) is 9.97. The lowest BCUT2D eigenvalue weighted by Crippen LogP contribution is -2.13. The predicted molar refractivity (Wildman–Crippen MR) is 118 cm³/mol. The molecule has 3 nitrogen and oxygen atoms in total. The monoisotopic (exact) mass is 390 g/mol. The van der Waals surface area contributed by atoms with Gasteiger partial charge in [-0.15, -0.1) is 0 Å². The Morgan fingerprint density at radius 1 is 0.621 bits per heavy atom. The summed E-state index contributed by atoms with van der Waals surface area (Å²) in [4.78, 5) is 0. The first-order chi connectivity index (χ1) is 13.5. The molecule has 0 fully saturated rings. The molecule has 3 N–H and O–H groups in total. The summed E-state index contributed by atoms with van der Waals surface area (Å²) in [5.74, 6) is 0.683. The average Bonchev–Trinajstić information content (AvgIpc) is 2.63. The maximum absolute atomic E-state index is 11.1. The van der Waals surface area contributed by atoms with E-state index in [0.29, 0.717) is 12.8 Å². The molecule has 0 aliphatic rings. The highest BCUT2D eigenvalue weighted by molar-refractivity contribution is 5.52. The molecule has 29 heavy (non-hydrogen) atoms. The summed E-state index contributed by atoms with van der Waals surface area (Å²) in [5.41, 5.74) is 6.27. The molecular weight excluding hydrogens is 360 g/mol. The Morgan fingerprint density at radius 2 is 1.03 bits per heavy atom. The second kappa shape index (κ2) is 7.82. The van der Waals surface area contributed by atoms with Crippen molar-refractivity contribution < 1.29 is 15.3 Å². The quantitative estimate of drug-likeness (QED) is 0.520. The highest BCUT2D eigenvalue weighted by atomic mass is 16.3. The van der Waals surface area contributed by atoms with Crippen LogP contribution in [0.1, 0.15) is 59.7 Å². The first-order valence-corrected chi connectivity index (χ1v) is 9.97. The van der Waals surface area contributed by atoms with Crippen molar-refractivity contribution in [3.05, 3.63) is 87.5 Å². The molecule has 0 heterocycles. The van der Waals surface area contributed by atoms with Gasteiger partial charge >= 0.3 is 0 Å². The number of aryl methyl sites for hydroxylation is 2. The van der Waals surface area contributed by atoms with Crippen molar-refractivity contribution in [1.82, 2.24) is 0 Å². The van der Waals surface area contributed by atoms with Gasteiger partial charge in [0.15, 0.2) is 0 Å². The van der Waals surface area contributed by atoms with Crippen LogP contribution in [-0.2, 0) is 18.3 Å². The molecule has 0 spiro atoms. The van der Waals surface area contributed by atoms with E-state index >= 15 is 0 Å². The van der Waals surface area contributed by atoms with Crippen molar-refractivity contribution >= 4 is 0 Å². The number of phenols is 3. The van der Waals surface area contributed by atoms with Crippen molar-refractivity contribution in [2.75, 3.05) is 0 Å². The Morgan fingerprint density at radius 3 is 1.41 bits per heavy atom. The molecule has 0 atom stereocenters. The van der Waals surface area contributed by atoms with E-state index in [4.69, 9.17) is 0 Å². The zero-order valence-corrected chi connectivity index (χ0v) is 17.9. The average molecular weight is 391 g/mol. The van der Waals surface area contributed by atoms with Crippen LogP contribution in [-0.4, -0.2) is 15.3 Å². The van der Waals surface area contributed by atoms with Crippen LogP contribution in [0.15, 0.2) is 48.5 Å². The van der Waals surface area contributed by atoms with Crippen LogP contribution < -0.4 is 0 Å². The van der Waals surface area contributed by atoms with Crippen LogP contribution in [0.2, 0.25) is 0 Å². The zero-order valence-electron chi connectivity index (χ0n) is 17.9. The summed E-state index contributed by atoms with van der Waals surface area (Å²) in [7, 11) is 0. The Kier molecular flexibility index (Phi) is 5.61. The normalized spacial score (nSPS) is 11.6. The minimum Gasteiger partial charge on any atom is -0.508 e. The molecule has 0 saturated heterocycles. The Labute approximate surface area is 173 Å². The Hall–Kier alpha value is -2.94. The van der Waals surface area contributed by atoms with E-state index in [0.717, 1.165) is 38.9 Å². The fourth-order valence-electron chi connectivity index (χ4n) is 3.58. The van der Waals surface area contributed by atoms with Crippen molar-refractivity contribution in [2.45, 2.75) is 52.9 Å². The summed E-state index contributed by atoms with van der Waals surface area (Å²) in [6, 6.07) is 15.1. The lowest BCUT2D eigenvalue weighted by atomic mass is 9.83. The number of benzene rings is 3. The molecule has 0 saturated carbocycles. The van der Waals surface area contributed by atoms with E-state index in [1.54, 1.807) is 12.1 Å². The summed E-state index contributed by atoms with van der Waals surface area (Å²) in [5, 5.41) is 31.6. The molecule has 0 bridgehead atoms. The van der Waals surface area contributed by atoms with Crippen molar-refractivity contribution in [2.24, 2.45) is 0 Å². The van der Waals surface area contributed by atoms with E-state index in [1.165, 1.54) is 0 Å². The van der Waals surface area contributed by atoms with E-state index < -0.39 is 0 Å². The zero-order chi connectivity index (χ0) is 21.3. The SMILES string of the molecule is Cc1ccc(O)c(Cc2cc(C(C)(C)C)cc(Cc3cc(C)ccc3O)c2O)c1. The Bertz CT molecular complexity index is 968. The maximum Gasteiger partial charge on any atom is 0.122 e. The number of phenolic OH excluding ortho intramolecular Hbond substituents is 3. The lowest BCUT2D eigenvalue weighted by Gasteiger charge is -2.23. The molecule has 3 heteroatoms. The van der Waals surface area contributed by atoms with Gasteiger partial charge in [0.1, 0.15) is 17.2 Å². The molecule has 3 rings (SSSR count). The molecule has 152 valence electrons. The van der Waals surface area contributed by atoms with E-state index in [1.807, 2.05) is 50.2 Å². The van der Waals surface area contributed by atoms with Gasteiger partial charge in [-0.05, 0) is 59.2 Å². The summed E-state index contributed by atoms with van der Waals surface area (Å²) in [6.07, 6.45) is 0.881. The number of hydrogen-bond acceptors (Lipinski definition) is 3. The number of rotatable bonds is 4. The van der Waals surface area contributed by atoms with Gasteiger partial charge in [-0.1, -0.05) is 68.3 Å². The van der Waals surface area contributed by atoms with Crippen LogP contribution in [0.25, 0.3) is 0 Å². The third kappa shape index (κ3) is 4.73. The van der Waals surface area contributed by atoms with Crippen LogP contribution in [0.5, 0.6) is 17.2 Å². The Balaban J connectivity index is 2.10. The van der Waals surface area contributed by atoms with Crippen LogP contribution >= 0.6 is 0 Å². The van der Waals surface area contributed by atoms with Gasteiger partial charge in [0.05, 0.1) is 0 Å². The minimum atomic E-state index is -0.0967. The molecular formula is C26H30O3. The van der Waals surface area contributed by atoms with Crippen LogP contribution in [0.4, 0.5) is 0 Å². The van der Waals surface area contributed by atoms with Gasteiger partial charge in [-0.25, -0.2) is 0 Å². The third-order valence-corrected chi connectivity index (χ3v) is 5.37. The fraction of sp³-hybridized carbons (Fsp3) is 0.308. The second-order valence-corrected chi connectivity index (χ2v) is 9.01. The summed E-state index contributed by atoms with van der Waals surface area (Å²) < 4.78 is 0. The molecule has 3 aromatic carbocycles. The summed E-state index contributed by atoms with van der Waals surface area (Å²) >= 11 is 0. The molecule has 0 unspecified atom stereocenters. The van der Waals surface area contributed by atoms with E-state index in [-0.39, 0.29) is 22.7 Å². The smallest absolute Gasteiger partial charge is 0.122 e. The van der Waals surface area contributed by atoms with Gasteiger partial charge < -0.3 is 15.3 Å². The first kappa shape index (κ1) is 20.8. The standard InChI is InChI=1S/C26H30O3/c1-16-6-8-23(27)18(10-16)12-20-14-22(26(3,4)5)15-21(25(20)29)13-19-11-17(2)7-9-24(19)28/h6-11,14-15,27-29H,12-13H2,1-5H3. The topological polar surface area (TPSA) is 60.7 Å². The minimum absolute atomic E-state index is 0.0967. The second-order valence-electron chi connectivity index (χ2n) is 9.01. The number of hydrogen-bond donors (Lipinski definition) is 3. The summed E-state index contributed by atoms with van der Waals surface area (Å²) in [6.45, 7) is 10.4. The number of aromatic hydroxyl groups is 3. The van der Waals surface area contributed by atoms with Gasteiger partial charge in [0, 0.05) is 12.8 Å². The molecule has 0 radical (unpaired) electrons. The maximum atomic E-state index is 11.1. The largest absolute Gasteiger partial charge is 0.508 e. The van der Waals surface area contributed by atoms with Gasteiger partial charge in [0.2, 0.25) is 0 Å². The highest BCUT2D eigenvalue weighted by Crippen LogP contribution is 2.36.